The number of likely N-dealkylation sites (tertiary alicyclic amines) is 1. The number of nitrogens with one attached hydrogen (secondary N) is 1. The first-order chi connectivity index (χ1) is 9.69. The van der Waals surface area contributed by atoms with E-state index >= 15 is 0 Å². The number of rotatable bonds is 6. The van der Waals surface area contributed by atoms with Crippen LogP contribution in [-0.4, -0.2) is 31.1 Å². The van der Waals surface area contributed by atoms with E-state index in [4.69, 9.17) is 0 Å². The fourth-order valence-electron chi connectivity index (χ4n) is 3.23. The van der Waals surface area contributed by atoms with Gasteiger partial charge >= 0.3 is 0 Å². The zero-order valence-corrected chi connectivity index (χ0v) is 13.4. The number of nitrogens with zero attached hydrogens (tertiary/aromatic N) is 1. The molecular formula is C18H30N2. The zero-order chi connectivity index (χ0) is 14.4. The zero-order valence-electron chi connectivity index (χ0n) is 13.4. The maximum atomic E-state index is 3.64. The Hall–Kier alpha value is -0.860. The summed E-state index contributed by atoms with van der Waals surface area (Å²) in [6, 6.07) is 9.51. The first-order valence-electron chi connectivity index (χ1n) is 8.21. The molecule has 1 saturated heterocycles. The van der Waals surface area contributed by atoms with Crippen molar-refractivity contribution in [1.29, 1.82) is 0 Å². The monoisotopic (exact) mass is 274 g/mol. The van der Waals surface area contributed by atoms with Crippen LogP contribution in [0.4, 0.5) is 0 Å². The van der Waals surface area contributed by atoms with Crippen LogP contribution < -0.4 is 5.32 Å². The van der Waals surface area contributed by atoms with Crippen LogP contribution in [0.25, 0.3) is 0 Å². The summed E-state index contributed by atoms with van der Waals surface area (Å²) in [6.45, 7) is 11.6. The number of benzene rings is 1. The normalized spacial score (nSPS) is 21.9. The second-order valence-corrected chi connectivity index (χ2v) is 6.36. The first-order valence-corrected chi connectivity index (χ1v) is 8.21. The summed E-state index contributed by atoms with van der Waals surface area (Å²) in [5.74, 6) is 0.876. The molecule has 20 heavy (non-hydrogen) atoms. The van der Waals surface area contributed by atoms with E-state index < -0.39 is 0 Å². The van der Waals surface area contributed by atoms with Gasteiger partial charge in [0.2, 0.25) is 0 Å². The molecule has 2 heteroatoms. The Balaban J connectivity index is 1.90. The Labute approximate surface area is 124 Å². The Kier molecular flexibility index (Phi) is 6.06. The Morgan fingerprint density at radius 2 is 2.05 bits per heavy atom. The molecule has 112 valence electrons. The molecule has 2 unspecified atom stereocenters. The molecule has 0 saturated carbocycles. The predicted octanol–water partition coefficient (Wildman–Crippen LogP) is 3.77. The van der Waals surface area contributed by atoms with Crippen LogP contribution in [0.3, 0.4) is 0 Å². The molecule has 1 aliphatic heterocycles. The lowest BCUT2D eigenvalue weighted by Gasteiger charge is -2.32. The van der Waals surface area contributed by atoms with Gasteiger partial charge < -0.3 is 10.2 Å². The van der Waals surface area contributed by atoms with Crippen molar-refractivity contribution < 1.29 is 0 Å². The van der Waals surface area contributed by atoms with Gasteiger partial charge in [0.25, 0.3) is 0 Å². The lowest BCUT2D eigenvalue weighted by Crippen LogP contribution is -2.36. The van der Waals surface area contributed by atoms with E-state index in [-0.39, 0.29) is 0 Å². The molecule has 0 aliphatic carbocycles. The number of aryl methyl sites for hydroxylation is 1. The van der Waals surface area contributed by atoms with Crippen molar-refractivity contribution in [1.82, 2.24) is 10.2 Å². The lowest BCUT2D eigenvalue weighted by molar-refractivity contribution is 0.176. The van der Waals surface area contributed by atoms with Gasteiger partial charge in [-0.1, -0.05) is 43.7 Å². The molecule has 1 fully saturated rings. The van der Waals surface area contributed by atoms with Crippen molar-refractivity contribution in [3.63, 3.8) is 0 Å². The average Bonchev–Trinajstić information content (AvgIpc) is 2.44. The molecule has 2 atom stereocenters. The quantitative estimate of drug-likeness (QED) is 0.849. The van der Waals surface area contributed by atoms with E-state index in [9.17, 15) is 0 Å². The molecule has 1 aromatic rings. The van der Waals surface area contributed by atoms with Gasteiger partial charge in [0, 0.05) is 12.6 Å². The number of hydrogen-bond donors (Lipinski definition) is 1. The minimum Gasteiger partial charge on any atom is -0.310 e. The van der Waals surface area contributed by atoms with Crippen LogP contribution in [0.5, 0.6) is 0 Å². The summed E-state index contributed by atoms with van der Waals surface area (Å²) in [5, 5.41) is 3.64. The molecule has 0 radical (unpaired) electrons. The Morgan fingerprint density at radius 3 is 2.70 bits per heavy atom. The topological polar surface area (TPSA) is 15.3 Å². The molecule has 0 aromatic heterocycles. The van der Waals surface area contributed by atoms with Crippen LogP contribution in [0.15, 0.2) is 24.3 Å². The van der Waals surface area contributed by atoms with Crippen LogP contribution in [0.2, 0.25) is 0 Å². The largest absolute Gasteiger partial charge is 0.310 e. The second kappa shape index (κ2) is 7.80. The second-order valence-electron chi connectivity index (χ2n) is 6.36. The van der Waals surface area contributed by atoms with Crippen LogP contribution >= 0.6 is 0 Å². The molecule has 0 amide bonds. The average molecular weight is 274 g/mol. The van der Waals surface area contributed by atoms with Gasteiger partial charge in [-0.25, -0.2) is 0 Å². The molecule has 1 aliphatic rings. The summed E-state index contributed by atoms with van der Waals surface area (Å²) in [4.78, 5) is 2.65. The highest BCUT2D eigenvalue weighted by atomic mass is 15.1. The highest BCUT2D eigenvalue weighted by Crippen LogP contribution is 2.20. The highest BCUT2D eigenvalue weighted by Gasteiger charge is 2.18. The molecular weight excluding hydrogens is 244 g/mol. The molecule has 2 nitrogen and oxygen atoms in total. The predicted molar refractivity (Wildman–Crippen MR) is 87.1 cm³/mol. The van der Waals surface area contributed by atoms with Crippen molar-refractivity contribution in [3.05, 3.63) is 35.4 Å². The van der Waals surface area contributed by atoms with Crippen molar-refractivity contribution in [2.24, 2.45) is 5.92 Å². The van der Waals surface area contributed by atoms with Crippen LogP contribution in [-0.2, 0) is 0 Å². The first kappa shape index (κ1) is 15.5. The fourth-order valence-corrected chi connectivity index (χ4v) is 3.23. The van der Waals surface area contributed by atoms with E-state index in [1.807, 2.05) is 0 Å². The Morgan fingerprint density at radius 1 is 1.30 bits per heavy atom. The number of piperidine rings is 1. The summed E-state index contributed by atoms with van der Waals surface area (Å²) in [7, 11) is 0. The van der Waals surface area contributed by atoms with Crippen molar-refractivity contribution >= 4 is 0 Å². The maximum Gasteiger partial charge on any atom is 0.0332 e. The number of hydrogen-bond acceptors (Lipinski definition) is 2. The Bertz CT molecular complexity index is 385. The molecule has 2 rings (SSSR count). The van der Waals surface area contributed by atoms with Gasteiger partial charge in [-0.05, 0) is 57.3 Å². The third-order valence-corrected chi connectivity index (χ3v) is 4.41. The summed E-state index contributed by atoms with van der Waals surface area (Å²) in [6.07, 6.45) is 3.99. The molecule has 1 N–H and O–H groups in total. The summed E-state index contributed by atoms with van der Waals surface area (Å²) in [5.41, 5.74) is 2.77. The van der Waals surface area contributed by atoms with Crippen molar-refractivity contribution in [2.75, 3.05) is 26.2 Å². The third kappa shape index (κ3) is 4.60. The standard InChI is InChI=1S/C18H30N2/c1-4-19-18(17-9-7-15(2)8-10-17)11-13-20-12-5-6-16(3)14-20/h7-10,16,18-19H,4-6,11-14H2,1-3H3. The van der Waals surface area contributed by atoms with E-state index in [1.165, 1.54) is 50.0 Å². The van der Waals surface area contributed by atoms with Crippen LogP contribution in [0, 0.1) is 12.8 Å². The van der Waals surface area contributed by atoms with E-state index in [0.717, 1.165) is 12.5 Å². The molecule has 1 aromatic carbocycles. The smallest absolute Gasteiger partial charge is 0.0332 e. The van der Waals surface area contributed by atoms with E-state index in [2.05, 4.69) is 55.3 Å². The fraction of sp³-hybridized carbons (Fsp3) is 0.667. The van der Waals surface area contributed by atoms with Crippen molar-refractivity contribution in [3.8, 4) is 0 Å². The maximum absolute atomic E-state index is 3.64. The molecule has 0 bridgehead atoms. The van der Waals surface area contributed by atoms with Crippen LogP contribution in [0.1, 0.15) is 50.3 Å². The van der Waals surface area contributed by atoms with Gasteiger partial charge in [-0.2, -0.15) is 0 Å². The van der Waals surface area contributed by atoms with Gasteiger partial charge in [-0.3, -0.25) is 0 Å². The minimum absolute atomic E-state index is 0.498. The summed E-state index contributed by atoms with van der Waals surface area (Å²) < 4.78 is 0. The SMILES string of the molecule is CCNC(CCN1CCCC(C)C1)c1ccc(C)cc1. The minimum atomic E-state index is 0.498. The molecule has 0 spiro atoms. The molecule has 1 heterocycles. The van der Waals surface area contributed by atoms with Gasteiger partial charge in [0.05, 0.1) is 0 Å². The third-order valence-electron chi connectivity index (χ3n) is 4.41. The van der Waals surface area contributed by atoms with E-state index in [1.54, 1.807) is 0 Å². The summed E-state index contributed by atoms with van der Waals surface area (Å²) >= 11 is 0. The van der Waals surface area contributed by atoms with E-state index in [0.29, 0.717) is 6.04 Å². The van der Waals surface area contributed by atoms with Gasteiger partial charge in [0.15, 0.2) is 0 Å². The highest BCUT2D eigenvalue weighted by molar-refractivity contribution is 5.24. The lowest BCUT2D eigenvalue weighted by atomic mass is 9.98. The van der Waals surface area contributed by atoms with Gasteiger partial charge in [-0.15, -0.1) is 0 Å². The van der Waals surface area contributed by atoms with Gasteiger partial charge in [0.1, 0.15) is 0 Å². The van der Waals surface area contributed by atoms with Crippen molar-refractivity contribution in [2.45, 2.75) is 46.1 Å².